The molecule has 0 atom stereocenters. The van der Waals surface area contributed by atoms with Crippen molar-refractivity contribution in [2.24, 2.45) is 5.14 Å². The van der Waals surface area contributed by atoms with Crippen LogP contribution in [0.25, 0.3) is 0 Å². The highest BCUT2D eigenvalue weighted by atomic mass is 32.2. The van der Waals surface area contributed by atoms with Gasteiger partial charge in [-0.15, -0.1) is 0 Å². The molecule has 1 aromatic carbocycles. The second-order valence-electron chi connectivity index (χ2n) is 7.07. The van der Waals surface area contributed by atoms with Crippen LogP contribution in [0.2, 0.25) is 0 Å². The van der Waals surface area contributed by atoms with E-state index in [1.165, 1.54) is 12.1 Å². The van der Waals surface area contributed by atoms with Crippen LogP contribution in [0.3, 0.4) is 0 Å². The number of aryl methyl sites for hydroxylation is 1. The minimum Gasteiger partial charge on any atom is -0.311 e. The molecule has 1 aliphatic heterocycles. The lowest BCUT2D eigenvalue weighted by atomic mass is 10.2. The lowest BCUT2D eigenvalue weighted by molar-refractivity contribution is -0.120. The van der Waals surface area contributed by atoms with Gasteiger partial charge in [-0.2, -0.15) is 0 Å². The van der Waals surface area contributed by atoms with Gasteiger partial charge in [0.05, 0.1) is 18.0 Å². The average Bonchev–Trinajstić information content (AvgIpc) is 3.06. The Labute approximate surface area is 169 Å². The Balaban J connectivity index is 1.58. The lowest BCUT2D eigenvalue weighted by Gasteiger charge is -2.22. The molecular weight excluding hydrogens is 394 g/mol. The standard InChI is InChI=1S/C19H23N5O4S/c1-13-3-6-17(21-10-13)22-18(25)11-23(2)12-19(26)24-8-7-14-9-15(29(20,27)28)4-5-16(14)24/h3-6,9-10H,7-8,11-12H2,1-2H3,(H2,20,27,28)(H,21,22,25). The largest absolute Gasteiger partial charge is 0.311 e. The number of benzene rings is 1. The van der Waals surface area contributed by atoms with Gasteiger partial charge in [-0.25, -0.2) is 18.5 Å². The highest BCUT2D eigenvalue weighted by Gasteiger charge is 2.26. The minimum absolute atomic E-state index is 0.0315. The first kappa shape index (κ1) is 20.9. The van der Waals surface area contributed by atoms with Gasteiger partial charge in [0.2, 0.25) is 21.8 Å². The molecule has 154 valence electrons. The van der Waals surface area contributed by atoms with E-state index in [2.05, 4.69) is 10.3 Å². The molecule has 2 amide bonds. The summed E-state index contributed by atoms with van der Waals surface area (Å²) in [5, 5.41) is 7.86. The predicted octanol–water partition coefficient (Wildman–Crippen LogP) is 0.497. The van der Waals surface area contributed by atoms with Crippen molar-refractivity contribution in [1.82, 2.24) is 9.88 Å². The smallest absolute Gasteiger partial charge is 0.241 e. The summed E-state index contributed by atoms with van der Waals surface area (Å²) in [6.45, 7) is 2.44. The van der Waals surface area contributed by atoms with Crippen LogP contribution in [0.15, 0.2) is 41.4 Å². The van der Waals surface area contributed by atoms with Crippen LogP contribution < -0.4 is 15.4 Å². The Bertz CT molecular complexity index is 1040. The second kappa shape index (κ2) is 8.27. The van der Waals surface area contributed by atoms with Crippen molar-refractivity contribution in [2.75, 3.05) is 36.9 Å². The maximum Gasteiger partial charge on any atom is 0.241 e. The number of primary sulfonamides is 1. The van der Waals surface area contributed by atoms with E-state index in [1.54, 1.807) is 35.2 Å². The maximum atomic E-state index is 12.7. The van der Waals surface area contributed by atoms with Crippen molar-refractivity contribution < 1.29 is 18.0 Å². The van der Waals surface area contributed by atoms with Crippen LogP contribution in [0, 0.1) is 6.92 Å². The summed E-state index contributed by atoms with van der Waals surface area (Å²) in [5.41, 5.74) is 2.42. The number of fused-ring (bicyclic) bond motifs is 1. The fraction of sp³-hybridized carbons (Fsp3) is 0.316. The molecule has 9 nitrogen and oxygen atoms in total. The number of anilines is 2. The molecule has 2 aromatic rings. The molecular formula is C19H23N5O4S. The molecule has 0 unspecified atom stereocenters. The molecule has 10 heteroatoms. The summed E-state index contributed by atoms with van der Waals surface area (Å²) >= 11 is 0. The maximum absolute atomic E-state index is 12.7. The van der Waals surface area contributed by atoms with E-state index >= 15 is 0 Å². The minimum atomic E-state index is -3.78. The quantitative estimate of drug-likeness (QED) is 0.705. The highest BCUT2D eigenvalue weighted by Crippen LogP contribution is 2.30. The number of rotatable bonds is 6. The van der Waals surface area contributed by atoms with Gasteiger partial charge in [-0.3, -0.25) is 14.5 Å². The number of aromatic nitrogens is 1. The molecule has 0 radical (unpaired) electrons. The van der Waals surface area contributed by atoms with Crippen LogP contribution in [0.5, 0.6) is 0 Å². The zero-order valence-electron chi connectivity index (χ0n) is 16.3. The summed E-state index contributed by atoms with van der Waals surface area (Å²) in [5.74, 6) is 0.0200. The number of hydrogen-bond acceptors (Lipinski definition) is 6. The Morgan fingerprint density at radius 2 is 2.00 bits per heavy atom. The van der Waals surface area contributed by atoms with E-state index in [-0.39, 0.29) is 29.8 Å². The number of sulfonamides is 1. The molecule has 0 spiro atoms. The molecule has 1 aliphatic rings. The van der Waals surface area contributed by atoms with E-state index < -0.39 is 10.0 Å². The lowest BCUT2D eigenvalue weighted by Crippen LogP contribution is -2.40. The topological polar surface area (TPSA) is 126 Å². The number of nitrogens with one attached hydrogen (secondary N) is 1. The average molecular weight is 417 g/mol. The first-order valence-electron chi connectivity index (χ1n) is 9.00. The number of nitrogens with two attached hydrogens (primary N) is 1. The van der Waals surface area contributed by atoms with Gasteiger partial charge < -0.3 is 10.2 Å². The van der Waals surface area contributed by atoms with Gasteiger partial charge in [-0.1, -0.05) is 6.07 Å². The van der Waals surface area contributed by atoms with Crippen LogP contribution in [0.4, 0.5) is 11.5 Å². The molecule has 3 N–H and O–H groups in total. The second-order valence-corrected chi connectivity index (χ2v) is 8.63. The van der Waals surface area contributed by atoms with Crippen molar-refractivity contribution in [2.45, 2.75) is 18.2 Å². The molecule has 0 saturated carbocycles. The SMILES string of the molecule is Cc1ccc(NC(=O)CN(C)CC(=O)N2CCc3cc(S(N)(=O)=O)ccc32)nc1. The third-order valence-electron chi connectivity index (χ3n) is 4.57. The van der Waals surface area contributed by atoms with E-state index in [9.17, 15) is 18.0 Å². The number of nitrogens with zero attached hydrogens (tertiary/aromatic N) is 3. The first-order valence-corrected chi connectivity index (χ1v) is 10.6. The summed E-state index contributed by atoms with van der Waals surface area (Å²) in [6, 6.07) is 8.06. The number of likely N-dealkylation sites (N-methyl/N-ethyl adjacent to an activating group) is 1. The van der Waals surface area contributed by atoms with Gasteiger partial charge in [-0.05, 0) is 55.8 Å². The van der Waals surface area contributed by atoms with Gasteiger partial charge in [0, 0.05) is 18.4 Å². The van der Waals surface area contributed by atoms with E-state index in [0.717, 1.165) is 11.1 Å². The summed E-state index contributed by atoms with van der Waals surface area (Å²) in [6.07, 6.45) is 2.21. The molecule has 0 saturated heterocycles. The van der Waals surface area contributed by atoms with E-state index in [1.807, 2.05) is 13.0 Å². The Morgan fingerprint density at radius 3 is 2.66 bits per heavy atom. The molecule has 0 fully saturated rings. The monoisotopic (exact) mass is 417 g/mol. The zero-order chi connectivity index (χ0) is 21.2. The van der Waals surface area contributed by atoms with Crippen molar-refractivity contribution >= 4 is 33.3 Å². The first-order chi connectivity index (χ1) is 13.6. The van der Waals surface area contributed by atoms with Gasteiger partial charge >= 0.3 is 0 Å². The van der Waals surface area contributed by atoms with Crippen molar-refractivity contribution in [3.05, 3.63) is 47.7 Å². The number of pyridine rings is 1. The number of amides is 2. The molecule has 3 rings (SSSR count). The van der Waals surface area contributed by atoms with Crippen LogP contribution in [0.1, 0.15) is 11.1 Å². The normalized spacial score (nSPS) is 13.4. The van der Waals surface area contributed by atoms with Gasteiger partial charge in [0.1, 0.15) is 5.82 Å². The van der Waals surface area contributed by atoms with Crippen LogP contribution in [-0.2, 0) is 26.0 Å². The van der Waals surface area contributed by atoms with Crippen molar-refractivity contribution in [3.63, 3.8) is 0 Å². The van der Waals surface area contributed by atoms with Crippen LogP contribution >= 0.6 is 0 Å². The molecule has 1 aromatic heterocycles. The predicted molar refractivity (Wildman–Crippen MR) is 109 cm³/mol. The number of carbonyl (C=O) groups is 2. The molecule has 0 bridgehead atoms. The Morgan fingerprint density at radius 1 is 1.24 bits per heavy atom. The summed E-state index contributed by atoms with van der Waals surface area (Å²) < 4.78 is 23.0. The molecule has 0 aliphatic carbocycles. The fourth-order valence-electron chi connectivity index (χ4n) is 3.16. The van der Waals surface area contributed by atoms with Crippen molar-refractivity contribution in [3.8, 4) is 0 Å². The summed E-state index contributed by atoms with van der Waals surface area (Å²) in [4.78, 5) is 32.2. The van der Waals surface area contributed by atoms with Gasteiger partial charge in [0.15, 0.2) is 0 Å². The molecule has 29 heavy (non-hydrogen) atoms. The fourth-order valence-corrected chi connectivity index (χ4v) is 3.72. The van der Waals surface area contributed by atoms with E-state index in [0.29, 0.717) is 24.5 Å². The Hall–Kier alpha value is -2.82. The van der Waals surface area contributed by atoms with Crippen molar-refractivity contribution in [1.29, 1.82) is 0 Å². The third kappa shape index (κ3) is 5.17. The zero-order valence-corrected chi connectivity index (χ0v) is 17.1. The highest BCUT2D eigenvalue weighted by molar-refractivity contribution is 7.89. The van der Waals surface area contributed by atoms with E-state index in [4.69, 9.17) is 5.14 Å². The number of hydrogen-bond donors (Lipinski definition) is 2. The summed E-state index contributed by atoms with van der Waals surface area (Å²) in [7, 11) is -2.10. The number of carbonyl (C=O) groups excluding carboxylic acids is 2. The third-order valence-corrected chi connectivity index (χ3v) is 5.48. The van der Waals surface area contributed by atoms with Gasteiger partial charge in [0.25, 0.3) is 0 Å². The molecule has 2 heterocycles. The van der Waals surface area contributed by atoms with Crippen LogP contribution in [-0.4, -0.2) is 56.8 Å². The Kier molecular flexibility index (Phi) is 5.96.